The van der Waals surface area contributed by atoms with E-state index in [1.807, 2.05) is 48.5 Å². The summed E-state index contributed by atoms with van der Waals surface area (Å²) in [6.07, 6.45) is 1.73. The van der Waals surface area contributed by atoms with Crippen LogP contribution in [0.3, 0.4) is 0 Å². The Balaban J connectivity index is 1.38. The molecule has 3 aromatic carbocycles. The van der Waals surface area contributed by atoms with Gasteiger partial charge in [0.1, 0.15) is 12.1 Å². The van der Waals surface area contributed by atoms with Gasteiger partial charge < -0.3 is 19.5 Å². The molecule has 0 bridgehead atoms. The molecule has 5 rings (SSSR count). The molecule has 34 heavy (non-hydrogen) atoms. The van der Waals surface area contributed by atoms with E-state index in [1.165, 1.54) is 17.7 Å². The number of fused-ring (bicyclic) bond motifs is 2. The van der Waals surface area contributed by atoms with E-state index in [1.54, 1.807) is 26.4 Å². The van der Waals surface area contributed by atoms with Crippen molar-refractivity contribution >= 4 is 43.5 Å². The Hall–Kier alpha value is -4.24. The number of thiazole rings is 1. The fourth-order valence-corrected chi connectivity index (χ4v) is 4.43. The Bertz CT molecular complexity index is 1490. The van der Waals surface area contributed by atoms with Crippen LogP contribution >= 0.6 is 11.3 Å². The molecule has 1 N–H and O–H groups in total. The molecule has 1 amide bonds. The standard InChI is InChI=1S/C25H20N4O4S/c1-31-20-12-17-19(13-21(20)32-2)26-14-27-24(17)33-16-8-9-18-22(11-16)34-25(28-18)29-23(30)10-15-6-4-3-5-7-15/h3-9,11-14H,10H2,1-2H3,(H,28,29,30). The first-order valence-electron chi connectivity index (χ1n) is 10.4. The van der Waals surface area contributed by atoms with E-state index >= 15 is 0 Å². The molecular formula is C25H20N4O4S. The summed E-state index contributed by atoms with van der Waals surface area (Å²) in [6.45, 7) is 0. The van der Waals surface area contributed by atoms with Crippen LogP contribution in [0.5, 0.6) is 23.1 Å². The third-order valence-electron chi connectivity index (χ3n) is 5.13. The number of carbonyl (C=O) groups excluding carboxylic acids is 1. The molecular weight excluding hydrogens is 452 g/mol. The van der Waals surface area contributed by atoms with Gasteiger partial charge in [-0.1, -0.05) is 41.7 Å². The monoisotopic (exact) mass is 472 g/mol. The second-order valence-electron chi connectivity index (χ2n) is 7.36. The van der Waals surface area contributed by atoms with Crippen LogP contribution in [-0.4, -0.2) is 35.1 Å². The maximum Gasteiger partial charge on any atom is 0.230 e. The minimum atomic E-state index is -0.112. The number of hydrogen-bond donors (Lipinski definition) is 1. The van der Waals surface area contributed by atoms with E-state index in [4.69, 9.17) is 14.2 Å². The summed E-state index contributed by atoms with van der Waals surface area (Å²) < 4.78 is 17.7. The highest BCUT2D eigenvalue weighted by atomic mass is 32.1. The van der Waals surface area contributed by atoms with E-state index in [0.717, 1.165) is 15.8 Å². The van der Waals surface area contributed by atoms with Gasteiger partial charge in [-0.2, -0.15) is 0 Å². The van der Waals surface area contributed by atoms with E-state index < -0.39 is 0 Å². The highest BCUT2D eigenvalue weighted by Gasteiger charge is 2.14. The zero-order valence-corrected chi connectivity index (χ0v) is 19.3. The molecule has 0 fully saturated rings. The molecule has 2 heterocycles. The van der Waals surface area contributed by atoms with Gasteiger partial charge in [0, 0.05) is 12.1 Å². The molecule has 0 aliphatic rings. The number of methoxy groups -OCH3 is 2. The van der Waals surface area contributed by atoms with E-state index in [-0.39, 0.29) is 5.91 Å². The summed E-state index contributed by atoms with van der Waals surface area (Å²) in [7, 11) is 3.15. The van der Waals surface area contributed by atoms with E-state index in [0.29, 0.717) is 45.6 Å². The number of rotatable bonds is 7. The minimum Gasteiger partial charge on any atom is -0.493 e. The number of nitrogens with zero attached hydrogens (tertiary/aromatic N) is 3. The molecule has 2 aromatic heterocycles. The summed E-state index contributed by atoms with van der Waals surface area (Å²) in [5.74, 6) is 2.01. The molecule has 0 aliphatic carbocycles. The third kappa shape index (κ3) is 4.46. The maximum atomic E-state index is 12.4. The molecule has 0 saturated carbocycles. The zero-order chi connectivity index (χ0) is 23.5. The van der Waals surface area contributed by atoms with E-state index in [9.17, 15) is 4.79 Å². The van der Waals surface area contributed by atoms with Gasteiger partial charge in [0.2, 0.25) is 11.8 Å². The van der Waals surface area contributed by atoms with Crippen LogP contribution < -0.4 is 19.5 Å². The quantitative estimate of drug-likeness (QED) is 0.346. The lowest BCUT2D eigenvalue weighted by Crippen LogP contribution is -2.13. The molecule has 0 saturated heterocycles. The Labute approximate surface area is 199 Å². The predicted molar refractivity (Wildman–Crippen MR) is 131 cm³/mol. The highest BCUT2D eigenvalue weighted by Crippen LogP contribution is 2.37. The summed E-state index contributed by atoms with van der Waals surface area (Å²) in [5, 5.41) is 4.11. The van der Waals surface area contributed by atoms with Crippen LogP contribution in [0.1, 0.15) is 5.56 Å². The predicted octanol–water partition coefficient (Wildman–Crippen LogP) is 5.23. The second-order valence-corrected chi connectivity index (χ2v) is 8.39. The largest absolute Gasteiger partial charge is 0.493 e. The number of aromatic nitrogens is 3. The molecule has 0 atom stereocenters. The minimum absolute atomic E-state index is 0.112. The lowest BCUT2D eigenvalue weighted by molar-refractivity contribution is -0.115. The van der Waals surface area contributed by atoms with Gasteiger partial charge in [-0.05, 0) is 23.8 Å². The molecule has 9 heteroatoms. The highest BCUT2D eigenvalue weighted by molar-refractivity contribution is 7.22. The average Bonchev–Trinajstić information content (AvgIpc) is 3.25. The Kier molecular flexibility index (Phi) is 5.92. The van der Waals surface area contributed by atoms with Crippen LogP contribution in [0.25, 0.3) is 21.1 Å². The molecule has 170 valence electrons. The summed E-state index contributed by atoms with van der Waals surface area (Å²) in [6, 6.07) is 18.7. The van der Waals surface area contributed by atoms with Crippen molar-refractivity contribution in [1.29, 1.82) is 0 Å². The van der Waals surface area contributed by atoms with Gasteiger partial charge in [0.05, 0.1) is 41.8 Å². The van der Waals surface area contributed by atoms with Crippen LogP contribution in [0.2, 0.25) is 0 Å². The van der Waals surface area contributed by atoms with Crippen molar-refractivity contribution in [3.8, 4) is 23.1 Å². The molecule has 0 unspecified atom stereocenters. The first-order valence-corrected chi connectivity index (χ1v) is 11.2. The van der Waals surface area contributed by atoms with Crippen molar-refractivity contribution in [1.82, 2.24) is 15.0 Å². The van der Waals surface area contributed by atoms with Crippen LogP contribution in [0.15, 0.2) is 67.0 Å². The smallest absolute Gasteiger partial charge is 0.230 e. The van der Waals surface area contributed by atoms with Gasteiger partial charge in [-0.3, -0.25) is 4.79 Å². The van der Waals surface area contributed by atoms with Crippen LogP contribution in [-0.2, 0) is 11.2 Å². The maximum absolute atomic E-state index is 12.4. The third-order valence-corrected chi connectivity index (χ3v) is 6.07. The van der Waals surface area contributed by atoms with Crippen molar-refractivity contribution < 1.29 is 19.0 Å². The summed E-state index contributed by atoms with van der Waals surface area (Å²) in [4.78, 5) is 25.5. The van der Waals surface area contributed by atoms with Crippen LogP contribution in [0.4, 0.5) is 5.13 Å². The first-order chi connectivity index (χ1) is 16.6. The van der Waals surface area contributed by atoms with Gasteiger partial charge in [-0.25, -0.2) is 15.0 Å². The number of anilines is 1. The number of ether oxygens (including phenoxy) is 3. The van der Waals surface area contributed by atoms with Crippen molar-refractivity contribution in [2.75, 3.05) is 19.5 Å². The van der Waals surface area contributed by atoms with Crippen molar-refractivity contribution in [2.45, 2.75) is 6.42 Å². The number of nitrogens with one attached hydrogen (secondary N) is 1. The molecule has 0 aliphatic heterocycles. The summed E-state index contributed by atoms with van der Waals surface area (Å²) >= 11 is 1.38. The average molecular weight is 473 g/mol. The Morgan fingerprint density at radius 3 is 2.53 bits per heavy atom. The lowest BCUT2D eigenvalue weighted by Gasteiger charge is -2.11. The molecule has 0 spiro atoms. The Morgan fingerprint density at radius 1 is 0.941 bits per heavy atom. The van der Waals surface area contributed by atoms with Crippen molar-refractivity contribution in [2.24, 2.45) is 0 Å². The summed E-state index contributed by atoms with van der Waals surface area (Å²) in [5.41, 5.74) is 2.39. The molecule has 0 radical (unpaired) electrons. The van der Waals surface area contributed by atoms with Crippen LogP contribution in [0, 0.1) is 0 Å². The van der Waals surface area contributed by atoms with Gasteiger partial charge >= 0.3 is 0 Å². The topological polar surface area (TPSA) is 95.5 Å². The number of benzene rings is 3. The zero-order valence-electron chi connectivity index (χ0n) is 18.4. The van der Waals surface area contributed by atoms with Gasteiger partial charge in [-0.15, -0.1) is 0 Å². The number of carbonyl (C=O) groups is 1. The Morgan fingerprint density at radius 2 is 1.74 bits per heavy atom. The fraction of sp³-hybridized carbons (Fsp3) is 0.120. The fourth-order valence-electron chi connectivity index (χ4n) is 3.52. The molecule has 8 nitrogen and oxygen atoms in total. The molecule has 5 aromatic rings. The number of hydrogen-bond acceptors (Lipinski definition) is 8. The SMILES string of the molecule is COc1cc2ncnc(Oc3ccc4nc(NC(=O)Cc5ccccc5)sc4c3)c2cc1OC. The van der Waals surface area contributed by atoms with Crippen molar-refractivity contribution in [3.05, 3.63) is 72.6 Å². The van der Waals surface area contributed by atoms with Crippen molar-refractivity contribution in [3.63, 3.8) is 0 Å². The van der Waals surface area contributed by atoms with Gasteiger partial charge in [0.15, 0.2) is 16.6 Å². The number of amides is 1. The van der Waals surface area contributed by atoms with E-state index in [2.05, 4.69) is 20.3 Å². The van der Waals surface area contributed by atoms with Gasteiger partial charge in [0.25, 0.3) is 0 Å². The normalized spacial score (nSPS) is 10.9. The second kappa shape index (κ2) is 9.32. The lowest BCUT2D eigenvalue weighted by atomic mass is 10.1. The first kappa shape index (κ1) is 21.6.